The van der Waals surface area contributed by atoms with E-state index in [-0.39, 0.29) is 18.5 Å². The number of alkyl halides is 1. The fraction of sp³-hybridized carbons (Fsp3) is 0.545. The molecule has 1 atom stereocenters. The standard InChI is InChI=1S/C22H29BrN2O7/c1-21(2,3)32-17(27)13-25(16(26)12-23)22(10-11-22)18(19(28)30-4)24-20(29)31-14-15-8-6-5-7-9-15/h5-9,18H,10-14H2,1-4H3,(H,24,29). The highest BCUT2D eigenvalue weighted by molar-refractivity contribution is 9.09. The molecule has 0 aliphatic heterocycles. The molecule has 0 aromatic heterocycles. The van der Waals surface area contributed by atoms with E-state index in [4.69, 9.17) is 14.2 Å². The minimum Gasteiger partial charge on any atom is -0.467 e. The number of benzene rings is 1. The summed E-state index contributed by atoms with van der Waals surface area (Å²) in [4.78, 5) is 51.4. The summed E-state index contributed by atoms with van der Waals surface area (Å²) in [7, 11) is 1.19. The number of ether oxygens (including phenoxy) is 3. The third-order valence-electron chi connectivity index (χ3n) is 4.87. The van der Waals surface area contributed by atoms with Gasteiger partial charge in [-0.2, -0.15) is 0 Å². The SMILES string of the molecule is COC(=O)C(NC(=O)OCc1ccccc1)C1(N(CC(=O)OC(C)(C)C)C(=O)CBr)CC1. The molecule has 32 heavy (non-hydrogen) atoms. The van der Waals surface area contributed by atoms with Gasteiger partial charge < -0.3 is 24.4 Å². The number of rotatable bonds is 9. The second kappa shape index (κ2) is 10.8. The topological polar surface area (TPSA) is 111 Å². The van der Waals surface area contributed by atoms with Gasteiger partial charge in [0.15, 0.2) is 6.04 Å². The Kier molecular flexibility index (Phi) is 8.65. The minimum atomic E-state index is -1.21. The van der Waals surface area contributed by atoms with Gasteiger partial charge in [-0.15, -0.1) is 0 Å². The Bertz CT molecular complexity index is 834. The summed E-state index contributed by atoms with van der Waals surface area (Å²) in [5, 5.41) is 2.46. The third-order valence-corrected chi connectivity index (χ3v) is 5.35. The first kappa shape index (κ1) is 25.6. The Balaban J connectivity index is 2.18. The van der Waals surface area contributed by atoms with Crippen LogP contribution in [0.15, 0.2) is 30.3 Å². The summed E-state index contributed by atoms with van der Waals surface area (Å²) >= 11 is 3.12. The number of carbonyl (C=O) groups excluding carboxylic acids is 4. The summed E-state index contributed by atoms with van der Waals surface area (Å²) < 4.78 is 15.4. The van der Waals surface area contributed by atoms with Gasteiger partial charge in [0.05, 0.1) is 18.0 Å². The Morgan fingerprint density at radius 2 is 1.78 bits per heavy atom. The van der Waals surface area contributed by atoms with Gasteiger partial charge in [0.1, 0.15) is 18.8 Å². The van der Waals surface area contributed by atoms with Crippen LogP contribution in [0.25, 0.3) is 0 Å². The molecule has 9 nitrogen and oxygen atoms in total. The maximum absolute atomic E-state index is 12.7. The lowest BCUT2D eigenvalue weighted by atomic mass is 10.0. The molecule has 1 aliphatic rings. The van der Waals surface area contributed by atoms with Crippen LogP contribution in [-0.2, 0) is 35.2 Å². The normalized spacial score (nSPS) is 15.2. The van der Waals surface area contributed by atoms with Gasteiger partial charge in [0, 0.05) is 0 Å². The minimum absolute atomic E-state index is 0.00944. The number of hydrogen-bond donors (Lipinski definition) is 1. The number of esters is 2. The number of carbonyl (C=O) groups is 4. The molecular formula is C22H29BrN2O7. The molecule has 10 heteroatoms. The molecule has 2 rings (SSSR count). The molecule has 1 N–H and O–H groups in total. The van der Waals surface area contributed by atoms with Gasteiger partial charge in [-0.05, 0) is 39.2 Å². The number of amides is 2. The smallest absolute Gasteiger partial charge is 0.408 e. The molecule has 0 radical (unpaired) electrons. The van der Waals surface area contributed by atoms with Gasteiger partial charge in [-0.1, -0.05) is 46.3 Å². The fourth-order valence-electron chi connectivity index (χ4n) is 3.32. The molecule has 0 bridgehead atoms. The Morgan fingerprint density at radius 3 is 2.28 bits per heavy atom. The molecule has 1 aliphatic carbocycles. The van der Waals surface area contributed by atoms with E-state index in [0.29, 0.717) is 12.8 Å². The number of nitrogens with zero attached hydrogens (tertiary/aromatic N) is 1. The van der Waals surface area contributed by atoms with Crippen LogP contribution in [0.2, 0.25) is 0 Å². The second-order valence-corrected chi connectivity index (χ2v) is 9.03. The molecule has 0 saturated heterocycles. The number of nitrogens with one attached hydrogen (secondary N) is 1. The summed E-state index contributed by atoms with van der Waals surface area (Å²) in [6, 6.07) is 7.85. The predicted molar refractivity (Wildman–Crippen MR) is 119 cm³/mol. The van der Waals surface area contributed by atoms with Gasteiger partial charge in [0.25, 0.3) is 0 Å². The van der Waals surface area contributed by atoms with E-state index >= 15 is 0 Å². The van der Waals surface area contributed by atoms with Crippen LogP contribution in [0.5, 0.6) is 0 Å². The number of halogens is 1. The molecule has 1 aromatic rings. The van der Waals surface area contributed by atoms with Crippen LogP contribution >= 0.6 is 15.9 Å². The quantitative estimate of drug-likeness (QED) is 0.307. The van der Waals surface area contributed by atoms with Crippen LogP contribution in [0.4, 0.5) is 4.79 Å². The maximum Gasteiger partial charge on any atom is 0.408 e. The van der Waals surface area contributed by atoms with Crippen LogP contribution in [0.1, 0.15) is 39.2 Å². The van der Waals surface area contributed by atoms with Gasteiger partial charge in [0.2, 0.25) is 5.91 Å². The van der Waals surface area contributed by atoms with Crippen molar-refractivity contribution >= 4 is 39.9 Å². The van der Waals surface area contributed by atoms with Crippen molar-refractivity contribution in [1.82, 2.24) is 10.2 Å². The van der Waals surface area contributed by atoms with Crippen LogP contribution in [0, 0.1) is 0 Å². The highest BCUT2D eigenvalue weighted by Crippen LogP contribution is 2.45. The van der Waals surface area contributed by atoms with Crippen LogP contribution in [0.3, 0.4) is 0 Å². The van der Waals surface area contributed by atoms with E-state index in [1.165, 1.54) is 12.0 Å². The first-order valence-corrected chi connectivity index (χ1v) is 11.3. The van der Waals surface area contributed by atoms with Crippen LogP contribution < -0.4 is 5.32 Å². The van der Waals surface area contributed by atoms with Crippen molar-refractivity contribution in [3.05, 3.63) is 35.9 Å². The molecule has 2 amide bonds. The summed E-state index contributed by atoms with van der Waals surface area (Å²) in [6.07, 6.45) is -0.0420. The summed E-state index contributed by atoms with van der Waals surface area (Å²) in [5.41, 5.74) is -1.07. The summed E-state index contributed by atoms with van der Waals surface area (Å²) in [6.45, 7) is 4.80. The zero-order valence-corrected chi connectivity index (χ0v) is 20.3. The second-order valence-electron chi connectivity index (χ2n) is 8.47. The van der Waals surface area contributed by atoms with Gasteiger partial charge in [-0.3, -0.25) is 9.59 Å². The maximum atomic E-state index is 12.7. The largest absolute Gasteiger partial charge is 0.467 e. The van der Waals surface area contributed by atoms with E-state index in [9.17, 15) is 19.2 Å². The van der Waals surface area contributed by atoms with Crippen molar-refractivity contribution in [2.24, 2.45) is 0 Å². The molecule has 1 fully saturated rings. The Hall–Kier alpha value is -2.62. The van der Waals surface area contributed by atoms with E-state index in [1.807, 2.05) is 18.2 Å². The summed E-state index contributed by atoms with van der Waals surface area (Å²) in [5.74, 6) is -1.77. The molecular weight excluding hydrogens is 484 g/mol. The van der Waals surface area contributed by atoms with Crippen molar-refractivity contribution in [1.29, 1.82) is 0 Å². The van der Waals surface area contributed by atoms with Crippen molar-refractivity contribution in [2.75, 3.05) is 19.0 Å². The van der Waals surface area contributed by atoms with Crippen LogP contribution in [-0.4, -0.2) is 65.0 Å². The van der Waals surface area contributed by atoms with E-state index in [0.717, 1.165) is 5.56 Å². The first-order chi connectivity index (χ1) is 15.0. The lowest BCUT2D eigenvalue weighted by Gasteiger charge is -2.36. The third kappa shape index (κ3) is 6.94. The average molecular weight is 513 g/mol. The first-order valence-electron chi connectivity index (χ1n) is 10.2. The number of alkyl carbamates (subject to hydrolysis) is 1. The zero-order valence-electron chi connectivity index (χ0n) is 18.7. The van der Waals surface area contributed by atoms with Crippen molar-refractivity contribution in [3.8, 4) is 0 Å². The highest BCUT2D eigenvalue weighted by atomic mass is 79.9. The Morgan fingerprint density at radius 1 is 1.16 bits per heavy atom. The van der Waals surface area contributed by atoms with Gasteiger partial charge >= 0.3 is 18.0 Å². The number of hydrogen-bond acceptors (Lipinski definition) is 7. The lowest BCUT2D eigenvalue weighted by molar-refractivity contribution is -0.162. The molecule has 0 heterocycles. The molecule has 1 unspecified atom stereocenters. The zero-order chi connectivity index (χ0) is 23.9. The number of methoxy groups -OCH3 is 1. The fourth-order valence-corrected chi connectivity index (χ4v) is 3.63. The predicted octanol–water partition coefficient (Wildman–Crippen LogP) is 2.55. The average Bonchev–Trinajstić information content (AvgIpc) is 3.54. The van der Waals surface area contributed by atoms with Gasteiger partial charge in [-0.25, -0.2) is 9.59 Å². The molecule has 1 aromatic carbocycles. The molecule has 0 spiro atoms. The highest BCUT2D eigenvalue weighted by Gasteiger charge is 2.60. The van der Waals surface area contributed by atoms with E-state index in [1.54, 1.807) is 32.9 Å². The van der Waals surface area contributed by atoms with E-state index < -0.39 is 41.1 Å². The Labute approximate surface area is 195 Å². The molecule has 176 valence electrons. The lowest BCUT2D eigenvalue weighted by Crippen LogP contribution is -2.61. The van der Waals surface area contributed by atoms with Crippen molar-refractivity contribution in [2.45, 2.75) is 57.4 Å². The van der Waals surface area contributed by atoms with Crippen molar-refractivity contribution < 1.29 is 33.4 Å². The van der Waals surface area contributed by atoms with E-state index in [2.05, 4.69) is 21.2 Å². The monoisotopic (exact) mass is 512 g/mol. The van der Waals surface area contributed by atoms with Crippen molar-refractivity contribution in [3.63, 3.8) is 0 Å². The molecule has 1 saturated carbocycles.